The van der Waals surface area contributed by atoms with Gasteiger partial charge in [-0.2, -0.15) is 0 Å². The highest BCUT2D eigenvalue weighted by Crippen LogP contribution is 2.33. The van der Waals surface area contributed by atoms with Crippen molar-refractivity contribution in [2.75, 3.05) is 26.3 Å². The van der Waals surface area contributed by atoms with E-state index in [1.807, 2.05) is 12.1 Å². The van der Waals surface area contributed by atoms with Crippen LogP contribution in [0, 0.1) is 0 Å². The lowest BCUT2D eigenvalue weighted by Crippen LogP contribution is -2.06. The minimum absolute atomic E-state index is 0.642. The van der Waals surface area contributed by atoms with Crippen LogP contribution in [0.25, 0.3) is 21.8 Å². The average molecular weight is 327 g/mol. The first-order valence-electron chi connectivity index (χ1n) is 8.42. The Kier molecular flexibility index (Phi) is 5.23. The van der Waals surface area contributed by atoms with Gasteiger partial charge in [0.15, 0.2) is 0 Å². The van der Waals surface area contributed by atoms with Crippen molar-refractivity contribution >= 4 is 21.8 Å². The Labute approximate surface area is 142 Å². The summed E-state index contributed by atoms with van der Waals surface area (Å²) in [4.78, 5) is 0. The molecule has 3 aromatic rings. The molecule has 0 aliphatic rings. The Morgan fingerprint density at radius 2 is 1.42 bits per heavy atom. The van der Waals surface area contributed by atoms with Gasteiger partial charge in [0.25, 0.3) is 0 Å². The normalized spacial score (nSPS) is 11.3. The Morgan fingerprint density at radius 3 is 2.08 bits per heavy atom. The number of nitrogens with zero attached hydrogens (tertiary/aromatic N) is 1. The largest absolute Gasteiger partial charge is 0.494 e. The van der Waals surface area contributed by atoms with Crippen LogP contribution in [0.5, 0.6) is 11.5 Å². The molecule has 0 bridgehead atoms. The third-order valence-corrected chi connectivity index (χ3v) is 4.18. The molecule has 0 radical (unpaired) electrons. The molecule has 0 aliphatic heterocycles. The second kappa shape index (κ2) is 7.55. The number of aryl methyl sites for hydroxylation is 1. The van der Waals surface area contributed by atoms with Gasteiger partial charge in [0, 0.05) is 29.4 Å². The number of nitrogens with two attached hydrogens (primary N) is 2. The summed E-state index contributed by atoms with van der Waals surface area (Å²) in [6, 6.07) is 12.4. The van der Waals surface area contributed by atoms with Crippen molar-refractivity contribution in [2.24, 2.45) is 18.5 Å². The van der Waals surface area contributed by atoms with E-state index in [1.165, 1.54) is 16.3 Å². The quantitative estimate of drug-likeness (QED) is 0.624. The lowest BCUT2D eigenvalue weighted by molar-refractivity contribution is 0.313. The van der Waals surface area contributed by atoms with E-state index in [2.05, 4.69) is 35.9 Å². The Hall–Kier alpha value is -2.24. The lowest BCUT2D eigenvalue weighted by Gasteiger charge is -2.06. The first kappa shape index (κ1) is 16.6. The van der Waals surface area contributed by atoms with Crippen LogP contribution in [0.4, 0.5) is 0 Å². The summed E-state index contributed by atoms with van der Waals surface area (Å²) in [6.45, 7) is 2.57. The average Bonchev–Trinajstić information content (AvgIpc) is 2.88. The van der Waals surface area contributed by atoms with E-state index >= 15 is 0 Å². The number of rotatable bonds is 8. The summed E-state index contributed by atoms with van der Waals surface area (Å²) >= 11 is 0. The fourth-order valence-electron chi connectivity index (χ4n) is 2.90. The molecule has 0 saturated heterocycles. The third-order valence-electron chi connectivity index (χ3n) is 4.18. The summed E-state index contributed by atoms with van der Waals surface area (Å²) in [5.41, 5.74) is 13.4. The van der Waals surface area contributed by atoms with Crippen LogP contribution in [0.15, 0.2) is 36.4 Å². The van der Waals surface area contributed by atoms with Crippen molar-refractivity contribution in [3.8, 4) is 11.5 Å². The van der Waals surface area contributed by atoms with Crippen molar-refractivity contribution in [1.29, 1.82) is 0 Å². The molecule has 24 heavy (non-hydrogen) atoms. The molecule has 3 rings (SSSR count). The second-order valence-corrected chi connectivity index (χ2v) is 5.90. The molecule has 1 aromatic heterocycles. The van der Waals surface area contributed by atoms with Gasteiger partial charge in [-0.3, -0.25) is 0 Å². The maximum atomic E-state index is 5.78. The van der Waals surface area contributed by atoms with Crippen molar-refractivity contribution < 1.29 is 9.47 Å². The van der Waals surface area contributed by atoms with Crippen LogP contribution >= 0.6 is 0 Å². The van der Waals surface area contributed by atoms with Gasteiger partial charge in [-0.1, -0.05) is 0 Å². The predicted octanol–water partition coefficient (Wildman–Crippen LogP) is 2.79. The van der Waals surface area contributed by atoms with Gasteiger partial charge in [-0.25, -0.2) is 0 Å². The van der Waals surface area contributed by atoms with Crippen molar-refractivity contribution in [3.05, 3.63) is 36.4 Å². The Morgan fingerprint density at radius 1 is 0.792 bits per heavy atom. The molecule has 0 fully saturated rings. The van der Waals surface area contributed by atoms with Crippen LogP contribution in [-0.2, 0) is 7.05 Å². The highest BCUT2D eigenvalue weighted by Gasteiger charge is 2.10. The van der Waals surface area contributed by atoms with Crippen molar-refractivity contribution in [2.45, 2.75) is 12.8 Å². The van der Waals surface area contributed by atoms with E-state index in [0.29, 0.717) is 26.3 Å². The molecule has 1 heterocycles. The van der Waals surface area contributed by atoms with Crippen LogP contribution in [-0.4, -0.2) is 30.9 Å². The van der Waals surface area contributed by atoms with Crippen LogP contribution in [0.2, 0.25) is 0 Å². The maximum Gasteiger partial charge on any atom is 0.121 e. The first-order chi connectivity index (χ1) is 11.7. The number of aromatic nitrogens is 1. The van der Waals surface area contributed by atoms with Gasteiger partial charge in [-0.05, 0) is 56.3 Å². The number of fused-ring (bicyclic) bond motifs is 3. The molecular weight excluding hydrogens is 302 g/mol. The molecule has 0 saturated carbocycles. The molecule has 0 spiro atoms. The van der Waals surface area contributed by atoms with Gasteiger partial charge in [0.05, 0.1) is 18.7 Å². The monoisotopic (exact) mass is 327 g/mol. The molecule has 2 aromatic carbocycles. The fraction of sp³-hybridized carbons (Fsp3) is 0.368. The number of hydrogen-bond donors (Lipinski definition) is 2. The molecule has 4 N–H and O–H groups in total. The standard InChI is InChI=1S/C19H25N3O2/c1-22-18-7-5-14(23-10-2-8-20)12-17(18)16-6-4-15(13-19(16)22)24-11-3-9-21/h4-7,12-13H,2-3,8-11,20-21H2,1H3. The molecule has 0 aliphatic carbocycles. The van der Waals surface area contributed by atoms with E-state index in [1.54, 1.807) is 0 Å². The smallest absolute Gasteiger partial charge is 0.121 e. The van der Waals surface area contributed by atoms with Crippen LogP contribution in [0.3, 0.4) is 0 Å². The highest BCUT2D eigenvalue weighted by atomic mass is 16.5. The highest BCUT2D eigenvalue weighted by molar-refractivity contribution is 6.08. The zero-order valence-electron chi connectivity index (χ0n) is 14.1. The number of benzene rings is 2. The van der Waals surface area contributed by atoms with Gasteiger partial charge in [-0.15, -0.1) is 0 Å². The molecule has 5 heteroatoms. The molecule has 0 atom stereocenters. The zero-order chi connectivity index (χ0) is 16.9. The summed E-state index contributed by atoms with van der Waals surface area (Å²) in [5.74, 6) is 1.76. The molecular formula is C19H25N3O2. The Bertz CT molecular complexity index is 826. The predicted molar refractivity (Wildman–Crippen MR) is 98.8 cm³/mol. The van der Waals surface area contributed by atoms with Crippen LogP contribution < -0.4 is 20.9 Å². The van der Waals surface area contributed by atoms with Gasteiger partial charge in [0.1, 0.15) is 11.5 Å². The van der Waals surface area contributed by atoms with Crippen LogP contribution in [0.1, 0.15) is 12.8 Å². The third kappa shape index (κ3) is 3.32. The summed E-state index contributed by atoms with van der Waals surface area (Å²) < 4.78 is 13.7. The zero-order valence-corrected chi connectivity index (χ0v) is 14.1. The molecule has 0 amide bonds. The molecule has 5 nitrogen and oxygen atoms in total. The fourth-order valence-corrected chi connectivity index (χ4v) is 2.90. The number of ether oxygens (including phenoxy) is 2. The molecule has 0 unspecified atom stereocenters. The van der Waals surface area contributed by atoms with Gasteiger partial charge in [0.2, 0.25) is 0 Å². The topological polar surface area (TPSA) is 75.4 Å². The van der Waals surface area contributed by atoms with Gasteiger partial charge < -0.3 is 25.5 Å². The van der Waals surface area contributed by atoms with E-state index in [-0.39, 0.29) is 0 Å². The van der Waals surface area contributed by atoms with E-state index in [9.17, 15) is 0 Å². The lowest BCUT2D eigenvalue weighted by atomic mass is 10.1. The summed E-state index contributed by atoms with van der Waals surface area (Å²) in [7, 11) is 2.07. The minimum atomic E-state index is 0.642. The van der Waals surface area contributed by atoms with E-state index < -0.39 is 0 Å². The summed E-state index contributed by atoms with van der Waals surface area (Å²) in [6.07, 6.45) is 1.72. The maximum absolute atomic E-state index is 5.78. The van der Waals surface area contributed by atoms with E-state index in [0.717, 1.165) is 29.9 Å². The molecule has 128 valence electrons. The van der Waals surface area contributed by atoms with Crippen molar-refractivity contribution in [3.63, 3.8) is 0 Å². The second-order valence-electron chi connectivity index (χ2n) is 5.90. The van der Waals surface area contributed by atoms with E-state index in [4.69, 9.17) is 20.9 Å². The van der Waals surface area contributed by atoms with Gasteiger partial charge >= 0.3 is 0 Å². The Balaban J connectivity index is 1.94. The summed E-state index contributed by atoms with van der Waals surface area (Å²) in [5, 5.41) is 2.38. The number of hydrogen-bond acceptors (Lipinski definition) is 4. The van der Waals surface area contributed by atoms with Crippen molar-refractivity contribution in [1.82, 2.24) is 4.57 Å². The SMILES string of the molecule is Cn1c2ccc(OCCCN)cc2c2ccc(OCCCN)cc21. The minimum Gasteiger partial charge on any atom is -0.494 e. The first-order valence-corrected chi connectivity index (χ1v) is 8.42.